The summed E-state index contributed by atoms with van der Waals surface area (Å²) in [6.07, 6.45) is 0. The first kappa shape index (κ1) is 13.7. The fourth-order valence-electron chi connectivity index (χ4n) is 1.61. The Balaban J connectivity index is 2.16. The van der Waals surface area contributed by atoms with E-state index in [9.17, 15) is 4.39 Å². The molecule has 0 aliphatic carbocycles. The Kier molecular flexibility index (Phi) is 4.27. The van der Waals surface area contributed by atoms with E-state index < -0.39 is 5.82 Å². The zero-order chi connectivity index (χ0) is 13.8. The summed E-state index contributed by atoms with van der Waals surface area (Å²) in [5.74, 6) is 0.757. The summed E-state index contributed by atoms with van der Waals surface area (Å²) in [6, 6.07) is 10.1. The van der Waals surface area contributed by atoms with Gasteiger partial charge in [0.05, 0.1) is 17.3 Å². The van der Waals surface area contributed by atoms with Gasteiger partial charge >= 0.3 is 0 Å². The van der Waals surface area contributed by atoms with E-state index in [-0.39, 0.29) is 12.3 Å². The van der Waals surface area contributed by atoms with Gasteiger partial charge in [0.15, 0.2) is 11.5 Å². The van der Waals surface area contributed by atoms with Crippen molar-refractivity contribution < 1.29 is 13.9 Å². The van der Waals surface area contributed by atoms with E-state index in [0.29, 0.717) is 17.1 Å². The fraction of sp³-hybridized carbons (Fsp3) is 0.143. The fourth-order valence-corrected chi connectivity index (χ4v) is 2.07. The molecule has 100 valence electrons. The second-order valence-electron chi connectivity index (χ2n) is 3.92. The van der Waals surface area contributed by atoms with Gasteiger partial charge in [0, 0.05) is 0 Å². The molecule has 2 aromatic carbocycles. The number of hydrogen-bond acceptors (Lipinski definition) is 3. The molecule has 19 heavy (non-hydrogen) atoms. The van der Waals surface area contributed by atoms with E-state index in [0.717, 1.165) is 4.47 Å². The number of hydrogen-bond donors (Lipinski definition) is 1. The number of ether oxygens (including phenoxy) is 2. The van der Waals surface area contributed by atoms with E-state index in [4.69, 9.17) is 15.2 Å². The van der Waals surface area contributed by atoms with Crippen molar-refractivity contribution in [3.05, 3.63) is 52.3 Å². The monoisotopic (exact) mass is 325 g/mol. The molecule has 0 amide bonds. The third kappa shape index (κ3) is 3.17. The van der Waals surface area contributed by atoms with Gasteiger partial charge in [-0.2, -0.15) is 0 Å². The van der Waals surface area contributed by atoms with Crippen LogP contribution in [-0.2, 0) is 6.61 Å². The van der Waals surface area contributed by atoms with E-state index in [2.05, 4.69) is 15.9 Å². The molecule has 0 spiro atoms. The molecular formula is C14H13BrFNO2. The third-order valence-electron chi connectivity index (χ3n) is 2.60. The van der Waals surface area contributed by atoms with Crippen molar-refractivity contribution in [1.29, 1.82) is 0 Å². The molecular weight excluding hydrogens is 313 g/mol. The van der Waals surface area contributed by atoms with Crippen LogP contribution in [0.4, 0.5) is 10.1 Å². The molecule has 0 aromatic heterocycles. The SMILES string of the molecule is COc1cccc(Br)c1OCc1ccc(N)c(F)c1. The van der Waals surface area contributed by atoms with E-state index >= 15 is 0 Å². The van der Waals surface area contributed by atoms with E-state index in [1.165, 1.54) is 12.1 Å². The maximum absolute atomic E-state index is 13.3. The second-order valence-corrected chi connectivity index (χ2v) is 4.77. The first-order valence-corrected chi connectivity index (χ1v) is 6.40. The van der Waals surface area contributed by atoms with Crippen LogP contribution in [0.15, 0.2) is 40.9 Å². The van der Waals surface area contributed by atoms with Gasteiger partial charge in [0.1, 0.15) is 12.4 Å². The highest BCUT2D eigenvalue weighted by Gasteiger charge is 2.09. The summed E-state index contributed by atoms with van der Waals surface area (Å²) in [4.78, 5) is 0. The molecule has 5 heteroatoms. The highest BCUT2D eigenvalue weighted by atomic mass is 79.9. The molecule has 0 heterocycles. The Hall–Kier alpha value is -1.75. The normalized spacial score (nSPS) is 10.3. The molecule has 0 aliphatic rings. The lowest BCUT2D eigenvalue weighted by Crippen LogP contribution is -2.00. The molecule has 0 bridgehead atoms. The number of halogens is 2. The first-order chi connectivity index (χ1) is 9.11. The van der Waals surface area contributed by atoms with Crippen molar-refractivity contribution in [2.75, 3.05) is 12.8 Å². The minimum Gasteiger partial charge on any atom is -0.493 e. The molecule has 0 fully saturated rings. The van der Waals surface area contributed by atoms with Gasteiger partial charge in [-0.15, -0.1) is 0 Å². The minimum absolute atomic E-state index is 0.127. The van der Waals surface area contributed by atoms with Gasteiger partial charge in [0.2, 0.25) is 0 Å². The molecule has 0 atom stereocenters. The van der Waals surface area contributed by atoms with Crippen molar-refractivity contribution in [2.45, 2.75) is 6.61 Å². The quantitative estimate of drug-likeness (QED) is 0.870. The number of methoxy groups -OCH3 is 1. The molecule has 0 aliphatic heterocycles. The summed E-state index contributed by atoms with van der Waals surface area (Å²) in [5, 5.41) is 0. The van der Waals surface area contributed by atoms with Gasteiger partial charge in [-0.1, -0.05) is 12.1 Å². The third-order valence-corrected chi connectivity index (χ3v) is 3.22. The predicted molar refractivity (Wildman–Crippen MR) is 75.8 cm³/mol. The van der Waals surface area contributed by atoms with E-state index in [1.54, 1.807) is 19.2 Å². The average Bonchev–Trinajstić information content (AvgIpc) is 2.41. The highest BCUT2D eigenvalue weighted by molar-refractivity contribution is 9.10. The summed E-state index contributed by atoms with van der Waals surface area (Å²) in [5.41, 5.74) is 6.25. The minimum atomic E-state index is -0.444. The van der Waals surface area contributed by atoms with Gasteiger partial charge in [-0.05, 0) is 45.8 Å². The number of rotatable bonds is 4. The van der Waals surface area contributed by atoms with Crippen molar-refractivity contribution in [3.8, 4) is 11.5 Å². The van der Waals surface area contributed by atoms with Crippen molar-refractivity contribution in [2.24, 2.45) is 0 Å². The Bertz CT molecular complexity index is 590. The molecule has 2 N–H and O–H groups in total. The lowest BCUT2D eigenvalue weighted by Gasteiger charge is -2.12. The van der Waals surface area contributed by atoms with Gasteiger partial charge in [-0.3, -0.25) is 0 Å². The zero-order valence-electron chi connectivity index (χ0n) is 10.3. The first-order valence-electron chi connectivity index (χ1n) is 5.61. The highest BCUT2D eigenvalue weighted by Crippen LogP contribution is 2.35. The average molecular weight is 326 g/mol. The molecule has 0 unspecified atom stereocenters. The number of nitrogen functional groups attached to an aromatic ring is 1. The predicted octanol–water partition coefficient (Wildman–Crippen LogP) is 3.76. The van der Waals surface area contributed by atoms with Crippen molar-refractivity contribution in [3.63, 3.8) is 0 Å². The standard InChI is InChI=1S/C14H13BrFNO2/c1-18-13-4-2-3-10(15)14(13)19-8-9-5-6-12(17)11(16)7-9/h2-7H,8,17H2,1H3. The Labute approximate surface area is 119 Å². The van der Waals surface area contributed by atoms with E-state index in [1.807, 2.05) is 12.1 Å². The van der Waals surface area contributed by atoms with Crippen LogP contribution in [0.2, 0.25) is 0 Å². The largest absolute Gasteiger partial charge is 0.493 e. The van der Waals surface area contributed by atoms with Crippen LogP contribution in [0.3, 0.4) is 0 Å². The topological polar surface area (TPSA) is 44.5 Å². The zero-order valence-corrected chi connectivity index (χ0v) is 11.9. The second kappa shape index (κ2) is 5.93. The summed E-state index contributed by atoms with van der Waals surface area (Å²) >= 11 is 3.39. The lowest BCUT2D eigenvalue weighted by atomic mass is 10.2. The van der Waals surface area contributed by atoms with Crippen LogP contribution >= 0.6 is 15.9 Å². The number of para-hydroxylation sites is 1. The molecule has 2 rings (SSSR count). The Morgan fingerprint density at radius 2 is 2.05 bits per heavy atom. The number of nitrogens with two attached hydrogens (primary N) is 1. The van der Waals surface area contributed by atoms with Crippen molar-refractivity contribution in [1.82, 2.24) is 0 Å². The van der Waals surface area contributed by atoms with Crippen LogP contribution in [0.25, 0.3) is 0 Å². The van der Waals surface area contributed by atoms with Crippen LogP contribution in [0.5, 0.6) is 11.5 Å². The maximum Gasteiger partial charge on any atom is 0.175 e. The number of benzene rings is 2. The van der Waals surface area contributed by atoms with Crippen LogP contribution in [-0.4, -0.2) is 7.11 Å². The molecule has 0 radical (unpaired) electrons. The summed E-state index contributed by atoms with van der Waals surface area (Å²) in [7, 11) is 1.57. The van der Waals surface area contributed by atoms with Crippen LogP contribution in [0, 0.1) is 5.82 Å². The Morgan fingerprint density at radius 3 is 2.74 bits per heavy atom. The molecule has 2 aromatic rings. The maximum atomic E-state index is 13.3. The van der Waals surface area contributed by atoms with Crippen LogP contribution < -0.4 is 15.2 Å². The van der Waals surface area contributed by atoms with Crippen molar-refractivity contribution >= 4 is 21.6 Å². The molecule has 0 saturated carbocycles. The molecule has 0 saturated heterocycles. The van der Waals surface area contributed by atoms with Gasteiger partial charge in [0.25, 0.3) is 0 Å². The number of anilines is 1. The van der Waals surface area contributed by atoms with Crippen LogP contribution in [0.1, 0.15) is 5.56 Å². The smallest absolute Gasteiger partial charge is 0.175 e. The van der Waals surface area contributed by atoms with Gasteiger partial charge in [-0.25, -0.2) is 4.39 Å². The molecule has 3 nitrogen and oxygen atoms in total. The summed E-state index contributed by atoms with van der Waals surface area (Å²) in [6.45, 7) is 0.232. The lowest BCUT2D eigenvalue weighted by molar-refractivity contribution is 0.282. The Morgan fingerprint density at radius 1 is 1.26 bits per heavy atom. The summed E-state index contributed by atoms with van der Waals surface area (Å²) < 4.78 is 25.0. The van der Waals surface area contributed by atoms with Gasteiger partial charge < -0.3 is 15.2 Å².